The fourth-order valence-electron chi connectivity index (χ4n) is 4.36. The Labute approximate surface area is 211 Å². The summed E-state index contributed by atoms with van der Waals surface area (Å²) in [6, 6.07) is 8.80. The molecule has 2 aliphatic heterocycles. The van der Waals surface area contributed by atoms with Crippen LogP contribution in [-0.2, 0) is 22.6 Å². The normalized spacial score (nSPS) is 18.6. The third-order valence-electron chi connectivity index (χ3n) is 6.33. The number of hydrogen-bond donors (Lipinski definition) is 2. The first-order valence-electron chi connectivity index (χ1n) is 12.2. The van der Waals surface area contributed by atoms with Crippen LogP contribution in [0, 0.1) is 5.92 Å². The first-order chi connectivity index (χ1) is 15.3. The molecule has 3 rings (SSSR count). The van der Waals surface area contributed by atoms with Gasteiger partial charge in [-0.3, -0.25) is 9.89 Å². The van der Waals surface area contributed by atoms with Gasteiger partial charge in [-0.15, -0.1) is 24.0 Å². The van der Waals surface area contributed by atoms with Gasteiger partial charge in [-0.2, -0.15) is 0 Å². The van der Waals surface area contributed by atoms with Crippen LogP contribution in [0.25, 0.3) is 0 Å². The summed E-state index contributed by atoms with van der Waals surface area (Å²) in [6.45, 7) is 8.59. The van der Waals surface area contributed by atoms with Crippen LogP contribution in [0.5, 0.6) is 0 Å². The van der Waals surface area contributed by atoms with Crippen LogP contribution in [0.2, 0.25) is 0 Å². The highest BCUT2D eigenvalue weighted by atomic mass is 127. The van der Waals surface area contributed by atoms with Crippen LogP contribution in [0.15, 0.2) is 29.3 Å². The zero-order valence-corrected chi connectivity index (χ0v) is 22.1. The number of benzene rings is 1. The fraction of sp³-hybridized carbons (Fsp3) is 0.720. The van der Waals surface area contributed by atoms with Crippen LogP contribution in [-0.4, -0.2) is 64.0 Å². The standard InChI is InChI=1S/C25H42N4O2.HI/c1-26-25(27-13-8-16-31-21-22-11-17-30-18-12-22)28-19-23-9-4-5-10-24(23)20-29-14-6-2-3-7-15-29;/h4-5,9-10,22H,2-3,6-8,11-21H2,1H3,(H2,26,27,28);1H. The average Bonchev–Trinajstić information content (AvgIpc) is 3.08. The van der Waals surface area contributed by atoms with E-state index < -0.39 is 0 Å². The van der Waals surface area contributed by atoms with Gasteiger partial charge in [0.25, 0.3) is 0 Å². The largest absolute Gasteiger partial charge is 0.381 e. The van der Waals surface area contributed by atoms with E-state index in [1.165, 1.54) is 49.9 Å². The van der Waals surface area contributed by atoms with E-state index in [2.05, 4.69) is 44.8 Å². The lowest BCUT2D eigenvalue weighted by Gasteiger charge is -2.22. The van der Waals surface area contributed by atoms with Gasteiger partial charge in [0.2, 0.25) is 0 Å². The Morgan fingerprint density at radius 1 is 1.06 bits per heavy atom. The van der Waals surface area contributed by atoms with Crippen LogP contribution >= 0.6 is 24.0 Å². The first kappa shape index (κ1) is 27.3. The van der Waals surface area contributed by atoms with E-state index in [9.17, 15) is 0 Å². The molecule has 2 fully saturated rings. The minimum atomic E-state index is 0. The molecule has 2 N–H and O–H groups in total. The van der Waals surface area contributed by atoms with Crippen LogP contribution < -0.4 is 10.6 Å². The first-order valence-corrected chi connectivity index (χ1v) is 12.2. The van der Waals surface area contributed by atoms with E-state index >= 15 is 0 Å². The number of nitrogens with zero attached hydrogens (tertiary/aromatic N) is 2. The molecule has 1 aromatic carbocycles. The lowest BCUT2D eigenvalue weighted by molar-refractivity contribution is 0.0203. The lowest BCUT2D eigenvalue weighted by Crippen LogP contribution is -2.38. The minimum Gasteiger partial charge on any atom is -0.381 e. The molecule has 32 heavy (non-hydrogen) atoms. The molecule has 1 aromatic rings. The maximum atomic E-state index is 5.85. The van der Waals surface area contributed by atoms with E-state index in [0.717, 1.165) is 71.3 Å². The van der Waals surface area contributed by atoms with Gasteiger partial charge in [0, 0.05) is 53.1 Å². The Morgan fingerprint density at radius 2 is 1.78 bits per heavy atom. The smallest absolute Gasteiger partial charge is 0.191 e. The lowest BCUT2D eigenvalue weighted by atomic mass is 10.0. The van der Waals surface area contributed by atoms with Crippen molar-refractivity contribution in [3.63, 3.8) is 0 Å². The second-order valence-corrected chi connectivity index (χ2v) is 8.80. The molecule has 2 aliphatic rings. The van der Waals surface area contributed by atoms with Crippen molar-refractivity contribution in [1.82, 2.24) is 15.5 Å². The molecule has 0 atom stereocenters. The van der Waals surface area contributed by atoms with Crippen LogP contribution in [0.4, 0.5) is 0 Å². The van der Waals surface area contributed by atoms with Gasteiger partial charge in [0.1, 0.15) is 0 Å². The van der Waals surface area contributed by atoms with Crippen molar-refractivity contribution >= 4 is 29.9 Å². The van der Waals surface area contributed by atoms with Crippen molar-refractivity contribution in [1.29, 1.82) is 0 Å². The summed E-state index contributed by atoms with van der Waals surface area (Å²) in [7, 11) is 1.83. The molecular weight excluding hydrogens is 515 g/mol. The predicted octanol–water partition coefficient (Wildman–Crippen LogP) is 4.18. The van der Waals surface area contributed by atoms with Gasteiger partial charge in [0.05, 0.1) is 0 Å². The average molecular weight is 559 g/mol. The number of hydrogen-bond acceptors (Lipinski definition) is 4. The summed E-state index contributed by atoms with van der Waals surface area (Å²) in [6.07, 6.45) is 8.66. The molecule has 0 aliphatic carbocycles. The molecule has 0 saturated carbocycles. The summed E-state index contributed by atoms with van der Waals surface area (Å²) in [5, 5.41) is 6.90. The zero-order chi connectivity index (χ0) is 21.6. The van der Waals surface area contributed by atoms with Gasteiger partial charge >= 0.3 is 0 Å². The van der Waals surface area contributed by atoms with Gasteiger partial charge in [-0.05, 0) is 62.2 Å². The number of aliphatic imine (C=N–C) groups is 1. The molecular formula is C25H43IN4O2. The van der Waals surface area contributed by atoms with Gasteiger partial charge in [0.15, 0.2) is 5.96 Å². The fourth-order valence-corrected chi connectivity index (χ4v) is 4.36. The van der Waals surface area contributed by atoms with Crippen molar-refractivity contribution in [3.8, 4) is 0 Å². The Balaban J connectivity index is 0.00000363. The minimum absolute atomic E-state index is 0. The van der Waals surface area contributed by atoms with E-state index in [1.54, 1.807) is 0 Å². The highest BCUT2D eigenvalue weighted by molar-refractivity contribution is 14.0. The topological polar surface area (TPSA) is 58.1 Å². The molecule has 2 heterocycles. The van der Waals surface area contributed by atoms with E-state index in [4.69, 9.17) is 9.47 Å². The molecule has 182 valence electrons. The number of ether oxygens (including phenoxy) is 2. The number of rotatable bonds is 10. The molecule has 0 unspecified atom stereocenters. The second kappa shape index (κ2) is 16.7. The van der Waals surface area contributed by atoms with Crippen molar-refractivity contribution < 1.29 is 9.47 Å². The molecule has 7 heteroatoms. The Kier molecular flexibility index (Phi) is 14.2. The Hall–Kier alpha value is -0.900. The predicted molar refractivity (Wildman–Crippen MR) is 143 cm³/mol. The summed E-state index contributed by atoms with van der Waals surface area (Å²) < 4.78 is 11.3. The molecule has 0 radical (unpaired) electrons. The molecule has 0 bridgehead atoms. The Morgan fingerprint density at radius 3 is 2.50 bits per heavy atom. The summed E-state index contributed by atoms with van der Waals surface area (Å²) in [5.41, 5.74) is 2.78. The number of guanidine groups is 1. The quantitative estimate of drug-likeness (QED) is 0.195. The highest BCUT2D eigenvalue weighted by Gasteiger charge is 2.14. The van der Waals surface area contributed by atoms with Gasteiger partial charge in [-0.1, -0.05) is 37.1 Å². The third-order valence-corrected chi connectivity index (χ3v) is 6.33. The number of halogens is 1. The van der Waals surface area contributed by atoms with E-state index in [0.29, 0.717) is 5.92 Å². The third kappa shape index (κ3) is 10.4. The van der Waals surface area contributed by atoms with E-state index in [1.807, 2.05) is 7.05 Å². The van der Waals surface area contributed by atoms with Gasteiger partial charge < -0.3 is 20.1 Å². The van der Waals surface area contributed by atoms with Gasteiger partial charge in [-0.25, -0.2) is 0 Å². The van der Waals surface area contributed by atoms with Crippen LogP contribution in [0.3, 0.4) is 0 Å². The molecule has 2 saturated heterocycles. The summed E-state index contributed by atoms with van der Waals surface area (Å²) in [5.74, 6) is 1.53. The van der Waals surface area contributed by atoms with Crippen molar-refractivity contribution in [2.45, 2.75) is 58.0 Å². The second-order valence-electron chi connectivity index (χ2n) is 8.80. The van der Waals surface area contributed by atoms with Crippen LogP contribution in [0.1, 0.15) is 56.1 Å². The van der Waals surface area contributed by atoms with Crippen molar-refractivity contribution in [2.24, 2.45) is 10.9 Å². The summed E-state index contributed by atoms with van der Waals surface area (Å²) in [4.78, 5) is 6.99. The Bertz CT molecular complexity index is 645. The zero-order valence-electron chi connectivity index (χ0n) is 19.8. The SMILES string of the molecule is CN=C(NCCCOCC1CCOCC1)NCc1ccccc1CN1CCCCCC1.I. The highest BCUT2D eigenvalue weighted by Crippen LogP contribution is 2.16. The molecule has 0 spiro atoms. The maximum Gasteiger partial charge on any atom is 0.191 e. The summed E-state index contributed by atoms with van der Waals surface area (Å²) >= 11 is 0. The number of likely N-dealkylation sites (tertiary alicyclic amines) is 1. The molecule has 6 nitrogen and oxygen atoms in total. The van der Waals surface area contributed by atoms with E-state index in [-0.39, 0.29) is 24.0 Å². The monoisotopic (exact) mass is 558 g/mol. The van der Waals surface area contributed by atoms with Crippen molar-refractivity contribution in [2.75, 3.05) is 53.1 Å². The molecule has 0 amide bonds. The number of nitrogens with one attached hydrogen (secondary N) is 2. The maximum absolute atomic E-state index is 5.85. The van der Waals surface area contributed by atoms with Crippen molar-refractivity contribution in [3.05, 3.63) is 35.4 Å². The molecule has 0 aromatic heterocycles.